The monoisotopic (exact) mass is 431 g/mol. The van der Waals surface area contributed by atoms with Crippen LogP contribution in [0.5, 0.6) is 11.5 Å². The van der Waals surface area contributed by atoms with Crippen molar-refractivity contribution in [1.29, 1.82) is 0 Å². The minimum Gasteiger partial charge on any atom is -0.457 e. The maximum absolute atomic E-state index is 12.7. The number of hydrogen-bond donors (Lipinski definition) is 1. The highest BCUT2D eigenvalue weighted by molar-refractivity contribution is 9.10. The summed E-state index contributed by atoms with van der Waals surface area (Å²) in [4.78, 5) is 0.184. The Bertz CT molecular complexity index is 994. The van der Waals surface area contributed by atoms with Gasteiger partial charge in [0.15, 0.2) is 0 Å². The van der Waals surface area contributed by atoms with E-state index in [4.69, 9.17) is 4.74 Å². The van der Waals surface area contributed by atoms with E-state index < -0.39 is 10.0 Å². The molecule has 0 amide bonds. The second kappa shape index (κ2) is 7.51. The Morgan fingerprint density at radius 1 is 0.808 bits per heavy atom. The van der Waals surface area contributed by atoms with E-state index in [-0.39, 0.29) is 4.90 Å². The van der Waals surface area contributed by atoms with Crippen molar-refractivity contribution in [3.8, 4) is 11.5 Å². The van der Waals surface area contributed by atoms with Crippen LogP contribution < -0.4 is 9.46 Å². The molecule has 0 aliphatic rings. The van der Waals surface area contributed by atoms with Crippen LogP contribution in [0.3, 0.4) is 0 Å². The van der Waals surface area contributed by atoms with E-state index >= 15 is 0 Å². The third kappa shape index (κ3) is 4.26. The Labute approximate surface area is 162 Å². The van der Waals surface area contributed by atoms with Crippen LogP contribution in [0, 0.1) is 13.8 Å². The molecular formula is C20H18BrNO3S. The first-order valence-electron chi connectivity index (χ1n) is 7.98. The van der Waals surface area contributed by atoms with Crippen molar-refractivity contribution in [2.45, 2.75) is 18.7 Å². The van der Waals surface area contributed by atoms with E-state index in [0.29, 0.717) is 17.2 Å². The van der Waals surface area contributed by atoms with Crippen LogP contribution in [0.4, 0.5) is 5.69 Å². The van der Waals surface area contributed by atoms with Crippen molar-refractivity contribution in [3.63, 3.8) is 0 Å². The smallest absolute Gasteiger partial charge is 0.261 e. The number of anilines is 1. The van der Waals surface area contributed by atoms with Crippen molar-refractivity contribution in [2.24, 2.45) is 0 Å². The molecule has 0 aromatic heterocycles. The number of para-hydroxylation sites is 1. The summed E-state index contributed by atoms with van der Waals surface area (Å²) in [6.07, 6.45) is 0. The molecule has 3 aromatic rings. The SMILES string of the molecule is Cc1cccc(C)c1NS(=O)(=O)c1ccc(Oc2ccc(Br)cc2)cc1. The summed E-state index contributed by atoms with van der Waals surface area (Å²) in [6.45, 7) is 3.75. The van der Waals surface area contributed by atoms with Crippen LogP contribution in [0.25, 0.3) is 0 Å². The van der Waals surface area contributed by atoms with Gasteiger partial charge < -0.3 is 4.74 Å². The fourth-order valence-electron chi connectivity index (χ4n) is 2.49. The molecule has 0 fully saturated rings. The first-order valence-corrected chi connectivity index (χ1v) is 10.3. The second-order valence-corrected chi connectivity index (χ2v) is 8.50. The summed E-state index contributed by atoms with van der Waals surface area (Å²) in [5.74, 6) is 1.25. The van der Waals surface area contributed by atoms with Crippen LogP contribution in [-0.4, -0.2) is 8.42 Å². The van der Waals surface area contributed by atoms with Gasteiger partial charge in [-0.3, -0.25) is 4.72 Å². The van der Waals surface area contributed by atoms with Crippen LogP contribution in [0.1, 0.15) is 11.1 Å². The largest absolute Gasteiger partial charge is 0.457 e. The molecule has 6 heteroatoms. The van der Waals surface area contributed by atoms with E-state index in [9.17, 15) is 8.42 Å². The maximum Gasteiger partial charge on any atom is 0.261 e. The third-order valence-corrected chi connectivity index (χ3v) is 5.80. The number of ether oxygens (including phenoxy) is 1. The summed E-state index contributed by atoms with van der Waals surface area (Å²) in [5.41, 5.74) is 2.37. The molecule has 26 heavy (non-hydrogen) atoms. The number of hydrogen-bond acceptors (Lipinski definition) is 3. The fourth-order valence-corrected chi connectivity index (χ4v) is 3.96. The summed E-state index contributed by atoms with van der Waals surface area (Å²) < 4.78 is 34.7. The quantitative estimate of drug-likeness (QED) is 0.566. The molecule has 0 radical (unpaired) electrons. The Kier molecular flexibility index (Phi) is 5.34. The fraction of sp³-hybridized carbons (Fsp3) is 0.100. The highest BCUT2D eigenvalue weighted by Crippen LogP contribution is 2.26. The average Bonchev–Trinajstić information content (AvgIpc) is 2.61. The van der Waals surface area contributed by atoms with Gasteiger partial charge in [-0.1, -0.05) is 34.1 Å². The van der Waals surface area contributed by atoms with Crippen LogP contribution in [0.15, 0.2) is 76.1 Å². The molecular weight excluding hydrogens is 414 g/mol. The van der Waals surface area contributed by atoms with E-state index in [1.807, 2.05) is 56.3 Å². The highest BCUT2D eigenvalue weighted by atomic mass is 79.9. The molecule has 0 heterocycles. The van der Waals surface area contributed by atoms with Gasteiger partial charge in [-0.2, -0.15) is 0 Å². The predicted molar refractivity (Wildman–Crippen MR) is 107 cm³/mol. The van der Waals surface area contributed by atoms with Crippen molar-refractivity contribution < 1.29 is 13.2 Å². The van der Waals surface area contributed by atoms with Crippen LogP contribution in [-0.2, 0) is 10.0 Å². The first kappa shape index (κ1) is 18.5. The molecule has 0 saturated carbocycles. The van der Waals surface area contributed by atoms with Gasteiger partial charge in [-0.25, -0.2) is 8.42 Å². The lowest BCUT2D eigenvalue weighted by atomic mass is 10.1. The Hall–Kier alpha value is -2.31. The molecule has 0 aliphatic carbocycles. The number of sulfonamides is 1. The molecule has 0 atom stereocenters. The number of rotatable bonds is 5. The van der Waals surface area contributed by atoms with Crippen molar-refractivity contribution in [3.05, 3.63) is 82.3 Å². The number of aryl methyl sites for hydroxylation is 2. The zero-order valence-corrected chi connectivity index (χ0v) is 16.8. The Morgan fingerprint density at radius 3 is 1.85 bits per heavy atom. The first-order chi connectivity index (χ1) is 12.3. The summed E-state index contributed by atoms with van der Waals surface area (Å²) in [6, 6.07) is 19.4. The van der Waals surface area contributed by atoms with E-state index in [1.165, 1.54) is 12.1 Å². The zero-order chi connectivity index (χ0) is 18.7. The zero-order valence-electron chi connectivity index (χ0n) is 14.4. The highest BCUT2D eigenvalue weighted by Gasteiger charge is 2.16. The van der Waals surface area contributed by atoms with Gasteiger partial charge in [0.1, 0.15) is 11.5 Å². The molecule has 4 nitrogen and oxygen atoms in total. The maximum atomic E-state index is 12.7. The summed E-state index contributed by atoms with van der Waals surface area (Å²) >= 11 is 3.37. The summed E-state index contributed by atoms with van der Waals surface area (Å²) in [5, 5.41) is 0. The molecule has 0 aliphatic heterocycles. The average molecular weight is 432 g/mol. The molecule has 0 spiro atoms. The van der Waals surface area contributed by atoms with E-state index in [0.717, 1.165) is 15.6 Å². The second-order valence-electron chi connectivity index (χ2n) is 5.90. The molecule has 3 rings (SSSR count). The predicted octanol–water partition coefficient (Wildman–Crippen LogP) is 5.66. The van der Waals surface area contributed by atoms with E-state index in [2.05, 4.69) is 20.7 Å². The van der Waals surface area contributed by atoms with Gasteiger partial charge >= 0.3 is 0 Å². The molecule has 0 bridgehead atoms. The van der Waals surface area contributed by atoms with Gasteiger partial charge in [-0.15, -0.1) is 0 Å². The number of benzene rings is 3. The normalized spacial score (nSPS) is 11.2. The topological polar surface area (TPSA) is 55.4 Å². The van der Waals surface area contributed by atoms with Crippen LogP contribution in [0.2, 0.25) is 0 Å². The number of nitrogens with one attached hydrogen (secondary N) is 1. The lowest BCUT2D eigenvalue weighted by Crippen LogP contribution is -2.14. The standard InChI is InChI=1S/C20H18BrNO3S/c1-14-4-3-5-15(2)20(14)22-26(23,24)19-12-10-18(11-13-19)25-17-8-6-16(21)7-9-17/h3-13,22H,1-2H3. The molecule has 0 unspecified atom stereocenters. The molecule has 134 valence electrons. The lowest BCUT2D eigenvalue weighted by Gasteiger charge is -2.13. The van der Waals surface area contributed by atoms with Crippen LogP contribution >= 0.6 is 15.9 Å². The lowest BCUT2D eigenvalue weighted by molar-refractivity contribution is 0.482. The Morgan fingerprint density at radius 2 is 1.31 bits per heavy atom. The van der Waals surface area contributed by atoms with Crippen molar-refractivity contribution >= 4 is 31.6 Å². The summed E-state index contributed by atoms with van der Waals surface area (Å²) in [7, 11) is -3.67. The minimum absolute atomic E-state index is 0.184. The molecule has 3 aromatic carbocycles. The number of halogens is 1. The third-order valence-electron chi connectivity index (χ3n) is 3.90. The van der Waals surface area contributed by atoms with Gasteiger partial charge in [-0.05, 0) is 73.5 Å². The van der Waals surface area contributed by atoms with Gasteiger partial charge in [0.05, 0.1) is 10.6 Å². The van der Waals surface area contributed by atoms with Gasteiger partial charge in [0.2, 0.25) is 0 Å². The van der Waals surface area contributed by atoms with Gasteiger partial charge in [0.25, 0.3) is 10.0 Å². The Balaban J connectivity index is 1.79. The molecule has 1 N–H and O–H groups in total. The molecule has 0 saturated heterocycles. The van der Waals surface area contributed by atoms with Crippen molar-refractivity contribution in [1.82, 2.24) is 0 Å². The minimum atomic E-state index is -3.67. The van der Waals surface area contributed by atoms with E-state index in [1.54, 1.807) is 12.1 Å². The van der Waals surface area contributed by atoms with Gasteiger partial charge in [0, 0.05) is 4.47 Å². The van der Waals surface area contributed by atoms with Crippen molar-refractivity contribution in [2.75, 3.05) is 4.72 Å².